The van der Waals surface area contributed by atoms with E-state index in [2.05, 4.69) is 0 Å². The quantitative estimate of drug-likeness (QED) is 0.413. The molecule has 0 unspecified atom stereocenters. The number of hydrogen-bond acceptors (Lipinski definition) is 0. The third kappa shape index (κ3) is 57.1. The van der Waals surface area contributed by atoms with E-state index in [1.54, 1.807) is 0 Å². The standard InChI is InChI=1S/4FH.Ti.Zr/h4*1H;;. The molecule has 0 aliphatic heterocycles. The topological polar surface area (TPSA) is 0 Å². The van der Waals surface area contributed by atoms with E-state index in [1.165, 1.54) is 0 Å². The van der Waals surface area contributed by atoms with Crippen LogP contribution in [0.2, 0.25) is 0 Å². The van der Waals surface area contributed by atoms with Crippen molar-refractivity contribution >= 4 is 0 Å². The monoisotopic (exact) mass is 218 g/mol. The molecule has 0 spiro atoms. The molecular weight excluding hydrogens is 215 g/mol. The van der Waals surface area contributed by atoms with Crippen molar-refractivity contribution in [1.82, 2.24) is 0 Å². The summed E-state index contributed by atoms with van der Waals surface area (Å²) >= 11 is 0. The van der Waals surface area contributed by atoms with Gasteiger partial charge in [-0.1, -0.05) is 0 Å². The van der Waals surface area contributed by atoms with Gasteiger partial charge in [0.2, 0.25) is 0 Å². The van der Waals surface area contributed by atoms with E-state index in [0.29, 0.717) is 0 Å². The maximum absolute atomic E-state index is 0. The third-order valence-electron chi connectivity index (χ3n) is 0. The van der Waals surface area contributed by atoms with Crippen LogP contribution in [-0.4, -0.2) is 0 Å². The molecule has 0 bridgehead atoms. The van der Waals surface area contributed by atoms with Crippen LogP contribution in [-0.2, 0) is 47.9 Å². The van der Waals surface area contributed by atoms with Gasteiger partial charge in [0.1, 0.15) is 0 Å². The minimum atomic E-state index is 0. The molecule has 0 aliphatic carbocycles. The smallest absolute Gasteiger partial charge is 0 e. The van der Waals surface area contributed by atoms with E-state index >= 15 is 0 Å². The Balaban J connectivity index is 0. The van der Waals surface area contributed by atoms with Crippen molar-refractivity contribution in [2.45, 2.75) is 0 Å². The molecule has 40 valence electrons. The van der Waals surface area contributed by atoms with E-state index in [4.69, 9.17) is 0 Å². The Bertz CT molecular complexity index is 7.51. The summed E-state index contributed by atoms with van der Waals surface area (Å²) in [5.74, 6) is 0. The maximum Gasteiger partial charge on any atom is 0 e. The Kier molecular flexibility index (Phi) is 2890. The van der Waals surface area contributed by atoms with Crippen molar-refractivity contribution < 1.29 is 66.7 Å². The first-order valence-corrected chi connectivity index (χ1v) is 0. The van der Waals surface area contributed by atoms with Crippen molar-refractivity contribution in [1.29, 1.82) is 0 Å². The summed E-state index contributed by atoms with van der Waals surface area (Å²) < 4.78 is 0. The van der Waals surface area contributed by atoms with Gasteiger partial charge in [0, 0.05) is 47.9 Å². The second-order valence-corrected chi connectivity index (χ2v) is 0. The largest absolute Gasteiger partial charge is 0.269 e. The van der Waals surface area contributed by atoms with Gasteiger partial charge in [0.05, 0.1) is 0 Å². The van der Waals surface area contributed by atoms with Gasteiger partial charge in [-0.2, -0.15) is 0 Å². The average molecular weight is 219 g/mol. The molecule has 0 saturated heterocycles. The SMILES string of the molecule is F.F.F.F.[Ti].[Zr]. The van der Waals surface area contributed by atoms with Crippen LogP contribution in [0.5, 0.6) is 0 Å². The Morgan fingerprint density at radius 1 is 0.500 bits per heavy atom. The van der Waals surface area contributed by atoms with Crippen molar-refractivity contribution in [3.05, 3.63) is 0 Å². The summed E-state index contributed by atoms with van der Waals surface area (Å²) in [6.45, 7) is 0. The zero-order chi connectivity index (χ0) is 0. The first-order valence-electron chi connectivity index (χ1n) is 0. The van der Waals surface area contributed by atoms with Crippen molar-refractivity contribution in [2.75, 3.05) is 0 Å². The molecular formula is H4F4TiZr. The van der Waals surface area contributed by atoms with Gasteiger partial charge < -0.3 is 0 Å². The molecule has 0 aliphatic rings. The molecule has 0 heterocycles. The van der Waals surface area contributed by atoms with Crippen LogP contribution >= 0.6 is 0 Å². The van der Waals surface area contributed by atoms with Crippen LogP contribution in [0.15, 0.2) is 0 Å². The minimum absolute atomic E-state index is 0. The molecule has 0 nitrogen and oxygen atoms in total. The minimum Gasteiger partial charge on any atom is -0.269 e. The van der Waals surface area contributed by atoms with Gasteiger partial charge >= 0.3 is 0 Å². The predicted molar refractivity (Wildman–Crippen MR) is 10.0 cm³/mol. The molecule has 0 rings (SSSR count). The Morgan fingerprint density at radius 2 is 0.500 bits per heavy atom. The fraction of sp³-hybridized carbons (Fsp3) is 0. The van der Waals surface area contributed by atoms with Gasteiger partial charge in [-0.3, -0.25) is 18.8 Å². The second kappa shape index (κ2) is 103. The number of halogens is 4. The van der Waals surface area contributed by atoms with E-state index < -0.39 is 0 Å². The van der Waals surface area contributed by atoms with Gasteiger partial charge in [-0.25, -0.2) is 0 Å². The van der Waals surface area contributed by atoms with Crippen LogP contribution in [0.25, 0.3) is 0 Å². The normalized spacial score (nSPS) is 0. The molecule has 0 atom stereocenters. The van der Waals surface area contributed by atoms with Gasteiger partial charge in [-0.05, 0) is 0 Å². The third-order valence-corrected chi connectivity index (χ3v) is 0. The van der Waals surface area contributed by atoms with Crippen LogP contribution in [0.3, 0.4) is 0 Å². The van der Waals surface area contributed by atoms with E-state index in [0.717, 1.165) is 0 Å². The van der Waals surface area contributed by atoms with E-state index in [9.17, 15) is 0 Å². The summed E-state index contributed by atoms with van der Waals surface area (Å²) in [6, 6.07) is 0. The molecule has 0 amide bonds. The summed E-state index contributed by atoms with van der Waals surface area (Å²) in [7, 11) is 0. The molecule has 0 aromatic rings. The molecule has 6 heavy (non-hydrogen) atoms. The van der Waals surface area contributed by atoms with Crippen molar-refractivity contribution in [3.8, 4) is 0 Å². The first-order chi connectivity index (χ1) is 0. The van der Waals surface area contributed by atoms with Gasteiger partial charge in [-0.15, -0.1) is 0 Å². The molecule has 0 aromatic carbocycles. The molecule has 0 fully saturated rings. The Morgan fingerprint density at radius 3 is 0.500 bits per heavy atom. The van der Waals surface area contributed by atoms with Crippen molar-refractivity contribution in [3.63, 3.8) is 0 Å². The first kappa shape index (κ1) is 168. The molecule has 0 saturated carbocycles. The molecule has 0 aromatic heterocycles. The van der Waals surface area contributed by atoms with Crippen LogP contribution < -0.4 is 0 Å². The Hall–Kier alpha value is 1.32. The van der Waals surface area contributed by atoms with Gasteiger partial charge in [0.25, 0.3) is 0 Å². The number of rotatable bonds is 0. The second-order valence-electron chi connectivity index (χ2n) is 0. The zero-order valence-electron chi connectivity index (χ0n) is 2.63. The summed E-state index contributed by atoms with van der Waals surface area (Å²) in [5.41, 5.74) is 0. The van der Waals surface area contributed by atoms with Crippen LogP contribution in [0, 0.1) is 0 Å². The van der Waals surface area contributed by atoms with Crippen LogP contribution in [0.1, 0.15) is 0 Å². The summed E-state index contributed by atoms with van der Waals surface area (Å²) in [4.78, 5) is 0. The molecule has 0 N–H and O–H groups in total. The molecule has 6 heteroatoms. The van der Waals surface area contributed by atoms with E-state index in [1.807, 2.05) is 0 Å². The van der Waals surface area contributed by atoms with Gasteiger partial charge in [0.15, 0.2) is 0 Å². The maximum atomic E-state index is 0. The van der Waals surface area contributed by atoms with Crippen molar-refractivity contribution in [2.24, 2.45) is 0 Å². The molecule has 0 radical (unpaired) electrons. The fourth-order valence-corrected chi connectivity index (χ4v) is 0. The summed E-state index contributed by atoms with van der Waals surface area (Å²) in [6.07, 6.45) is 0. The van der Waals surface area contributed by atoms with E-state index in [-0.39, 0.29) is 66.7 Å². The Labute approximate surface area is 66.5 Å². The number of hydrogen-bond donors (Lipinski definition) is 0. The summed E-state index contributed by atoms with van der Waals surface area (Å²) in [5, 5.41) is 0. The zero-order valence-corrected chi connectivity index (χ0v) is 6.65. The average Bonchev–Trinajstić information content (AvgIpc) is 0. The predicted octanol–water partition coefficient (Wildman–Crippen LogP) is 0.605. The fourth-order valence-electron chi connectivity index (χ4n) is 0. The van der Waals surface area contributed by atoms with Crippen LogP contribution in [0.4, 0.5) is 18.8 Å².